The number of sulfonamides is 1. The molecule has 114 valence electrons. The van der Waals surface area contributed by atoms with Crippen LogP contribution in [0.3, 0.4) is 0 Å². The first kappa shape index (κ1) is 16.1. The van der Waals surface area contributed by atoms with Crippen molar-refractivity contribution in [2.45, 2.75) is 38.3 Å². The molecule has 0 aliphatic heterocycles. The molecule has 2 rings (SSSR count). The lowest BCUT2D eigenvalue weighted by molar-refractivity contribution is 0.280. The van der Waals surface area contributed by atoms with Gasteiger partial charge in [0.05, 0.1) is 18.0 Å². The summed E-state index contributed by atoms with van der Waals surface area (Å²) in [7, 11) is -3.60. The minimum atomic E-state index is -3.60. The number of aryl methyl sites for hydroxylation is 2. The van der Waals surface area contributed by atoms with Crippen LogP contribution in [0.1, 0.15) is 27.9 Å². The van der Waals surface area contributed by atoms with Gasteiger partial charge >= 0.3 is 0 Å². The molecule has 0 fully saturated rings. The second-order valence-electron chi connectivity index (χ2n) is 4.63. The van der Waals surface area contributed by atoms with E-state index in [2.05, 4.69) is 9.71 Å². The summed E-state index contributed by atoms with van der Waals surface area (Å²) >= 11 is 1.46. The van der Waals surface area contributed by atoms with E-state index in [-0.39, 0.29) is 18.0 Å². The summed E-state index contributed by atoms with van der Waals surface area (Å²) in [5.41, 5.74) is 1.59. The minimum absolute atomic E-state index is 0.164. The van der Waals surface area contributed by atoms with Gasteiger partial charge in [0.1, 0.15) is 5.01 Å². The molecule has 0 saturated heterocycles. The number of nitrogens with zero attached hydrogens (tertiary/aromatic N) is 1. The van der Waals surface area contributed by atoms with Crippen LogP contribution in [0.5, 0.6) is 0 Å². The van der Waals surface area contributed by atoms with E-state index in [4.69, 9.17) is 0 Å². The maximum atomic E-state index is 12.3. The first-order valence-corrected chi connectivity index (χ1v) is 8.90. The van der Waals surface area contributed by atoms with Gasteiger partial charge in [0.2, 0.25) is 10.0 Å². The number of aliphatic hydroxyl groups excluding tert-OH is 1. The van der Waals surface area contributed by atoms with Gasteiger partial charge in [-0.05, 0) is 36.6 Å². The highest BCUT2D eigenvalue weighted by molar-refractivity contribution is 7.89. The molecule has 2 N–H and O–H groups in total. The number of hydrogen-bond donors (Lipinski definition) is 2. The molecule has 2 aromatic rings. The number of aliphatic hydroxyl groups is 1. The van der Waals surface area contributed by atoms with E-state index in [1.807, 2.05) is 13.8 Å². The molecule has 0 bridgehead atoms. The fourth-order valence-electron chi connectivity index (χ4n) is 1.98. The summed E-state index contributed by atoms with van der Waals surface area (Å²) in [6, 6.07) is 4.83. The number of benzene rings is 1. The third kappa shape index (κ3) is 3.88. The topological polar surface area (TPSA) is 79.3 Å². The summed E-state index contributed by atoms with van der Waals surface area (Å²) in [6.07, 6.45) is 2.47. The van der Waals surface area contributed by atoms with E-state index in [1.165, 1.54) is 17.4 Å². The molecule has 0 unspecified atom stereocenters. The van der Waals surface area contributed by atoms with Gasteiger partial charge in [-0.15, -0.1) is 11.3 Å². The summed E-state index contributed by atoms with van der Waals surface area (Å²) in [5, 5.41) is 10.1. The second-order valence-corrected chi connectivity index (χ2v) is 7.72. The summed E-state index contributed by atoms with van der Waals surface area (Å²) in [5.74, 6) is 0. The molecule has 0 aliphatic rings. The summed E-state index contributed by atoms with van der Waals surface area (Å²) < 4.78 is 27.1. The zero-order valence-corrected chi connectivity index (χ0v) is 13.6. The average Bonchev–Trinajstić information content (AvgIpc) is 2.90. The van der Waals surface area contributed by atoms with Gasteiger partial charge in [-0.3, -0.25) is 0 Å². The molecule has 7 heteroatoms. The van der Waals surface area contributed by atoms with Crippen LogP contribution in [0.15, 0.2) is 29.3 Å². The van der Waals surface area contributed by atoms with Crippen LogP contribution in [0.25, 0.3) is 0 Å². The van der Waals surface area contributed by atoms with Gasteiger partial charge < -0.3 is 5.11 Å². The van der Waals surface area contributed by atoms with Gasteiger partial charge in [-0.2, -0.15) is 0 Å². The maximum Gasteiger partial charge on any atom is 0.240 e. The van der Waals surface area contributed by atoms with Crippen LogP contribution in [0.4, 0.5) is 0 Å². The van der Waals surface area contributed by atoms with Crippen molar-refractivity contribution in [3.05, 3.63) is 45.4 Å². The molecular formula is C14H18N2O3S2. The highest BCUT2D eigenvalue weighted by Gasteiger charge is 2.16. The van der Waals surface area contributed by atoms with Crippen molar-refractivity contribution in [1.29, 1.82) is 0 Å². The Morgan fingerprint density at radius 3 is 2.67 bits per heavy atom. The van der Waals surface area contributed by atoms with Crippen LogP contribution in [-0.4, -0.2) is 18.5 Å². The molecule has 5 nitrogen and oxygen atoms in total. The van der Waals surface area contributed by atoms with Gasteiger partial charge in [0.25, 0.3) is 0 Å². The lowest BCUT2D eigenvalue weighted by atomic mass is 10.1. The fraction of sp³-hybridized carbons (Fsp3) is 0.357. The van der Waals surface area contributed by atoms with E-state index in [0.29, 0.717) is 5.56 Å². The molecule has 1 aromatic heterocycles. The molecule has 21 heavy (non-hydrogen) atoms. The van der Waals surface area contributed by atoms with E-state index >= 15 is 0 Å². The third-order valence-corrected chi connectivity index (χ3v) is 5.43. The Morgan fingerprint density at radius 1 is 1.33 bits per heavy atom. The van der Waals surface area contributed by atoms with Crippen molar-refractivity contribution in [3.8, 4) is 0 Å². The number of thiazole rings is 1. The first-order valence-electron chi connectivity index (χ1n) is 6.60. The van der Waals surface area contributed by atoms with E-state index in [9.17, 15) is 13.5 Å². The van der Waals surface area contributed by atoms with Gasteiger partial charge in [0, 0.05) is 11.1 Å². The molecular weight excluding hydrogens is 308 g/mol. The number of rotatable bonds is 6. The van der Waals surface area contributed by atoms with Gasteiger partial charge in [0.15, 0.2) is 0 Å². The zero-order chi connectivity index (χ0) is 15.5. The van der Waals surface area contributed by atoms with Crippen LogP contribution >= 0.6 is 11.3 Å². The van der Waals surface area contributed by atoms with Crippen molar-refractivity contribution < 1.29 is 13.5 Å². The van der Waals surface area contributed by atoms with Crippen molar-refractivity contribution in [2.75, 3.05) is 0 Å². The monoisotopic (exact) mass is 326 g/mol. The Morgan fingerprint density at radius 2 is 2.10 bits per heavy atom. The second kappa shape index (κ2) is 6.65. The first-order chi connectivity index (χ1) is 9.96. The Hall–Kier alpha value is -1.28. The number of nitrogens with one attached hydrogen (secondary N) is 1. The molecule has 0 amide bonds. The molecule has 0 radical (unpaired) electrons. The van der Waals surface area contributed by atoms with Crippen molar-refractivity contribution in [1.82, 2.24) is 9.71 Å². The van der Waals surface area contributed by atoms with Crippen LogP contribution in [-0.2, 0) is 29.6 Å². The molecule has 0 spiro atoms. The molecule has 0 aliphatic carbocycles. The van der Waals surface area contributed by atoms with Crippen molar-refractivity contribution in [3.63, 3.8) is 0 Å². The fourth-order valence-corrected chi connectivity index (χ4v) is 3.84. The Balaban J connectivity index is 2.19. The van der Waals surface area contributed by atoms with E-state index in [0.717, 1.165) is 21.9 Å². The van der Waals surface area contributed by atoms with Gasteiger partial charge in [-0.1, -0.05) is 13.0 Å². The zero-order valence-electron chi connectivity index (χ0n) is 12.0. The van der Waals surface area contributed by atoms with E-state index < -0.39 is 10.0 Å². The summed E-state index contributed by atoms with van der Waals surface area (Å²) in [4.78, 5) is 5.33. The predicted molar refractivity (Wildman–Crippen MR) is 82.6 cm³/mol. The smallest absolute Gasteiger partial charge is 0.240 e. The Kier molecular flexibility index (Phi) is 5.10. The molecule has 0 atom stereocenters. The number of hydrogen-bond acceptors (Lipinski definition) is 5. The third-order valence-electron chi connectivity index (χ3n) is 3.12. The normalized spacial score (nSPS) is 11.8. The largest absolute Gasteiger partial charge is 0.392 e. The molecule has 0 saturated carbocycles. The van der Waals surface area contributed by atoms with Gasteiger partial charge in [-0.25, -0.2) is 18.1 Å². The molecule has 1 aromatic carbocycles. The predicted octanol–water partition coefficient (Wildman–Crippen LogP) is 1.98. The SMILES string of the molecule is CCc1ccc(S(=O)(=O)NCc2ncc(C)s2)cc1CO. The van der Waals surface area contributed by atoms with Crippen LogP contribution < -0.4 is 4.72 Å². The standard InChI is InChI=1S/C14H18N2O3S2/c1-3-11-4-5-13(6-12(11)9-17)21(18,19)16-8-14-15-7-10(2)20-14/h4-7,16-17H,3,8-9H2,1-2H3. The number of aromatic nitrogens is 1. The quantitative estimate of drug-likeness (QED) is 0.851. The van der Waals surface area contributed by atoms with E-state index in [1.54, 1.807) is 18.3 Å². The highest BCUT2D eigenvalue weighted by atomic mass is 32.2. The van der Waals surface area contributed by atoms with Crippen molar-refractivity contribution in [2.24, 2.45) is 0 Å². The minimum Gasteiger partial charge on any atom is -0.392 e. The summed E-state index contributed by atoms with van der Waals surface area (Å²) in [6.45, 7) is 3.89. The lowest BCUT2D eigenvalue weighted by Gasteiger charge is -2.10. The lowest BCUT2D eigenvalue weighted by Crippen LogP contribution is -2.23. The molecule has 1 heterocycles. The highest BCUT2D eigenvalue weighted by Crippen LogP contribution is 2.18. The van der Waals surface area contributed by atoms with Crippen LogP contribution in [0.2, 0.25) is 0 Å². The average molecular weight is 326 g/mol. The van der Waals surface area contributed by atoms with Crippen LogP contribution in [0, 0.1) is 6.92 Å². The Labute approximate surface area is 128 Å². The Bertz CT molecular complexity index is 724. The maximum absolute atomic E-state index is 12.3. The van der Waals surface area contributed by atoms with Crippen molar-refractivity contribution >= 4 is 21.4 Å².